The molecule has 92 valence electrons. The molecule has 0 saturated carbocycles. The second-order valence-electron chi connectivity index (χ2n) is 4.14. The molecule has 3 aromatic heterocycles. The van der Waals surface area contributed by atoms with Crippen molar-refractivity contribution in [2.45, 2.75) is 6.54 Å². The van der Waals surface area contributed by atoms with Crippen molar-refractivity contribution in [3.8, 4) is 0 Å². The van der Waals surface area contributed by atoms with E-state index in [0.717, 1.165) is 23.4 Å². The topological polar surface area (TPSA) is 46.8 Å². The zero-order chi connectivity index (χ0) is 12.5. The molecule has 0 aliphatic heterocycles. The van der Waals surface area contributed by atoms with Gasteiger partial charge in [-0.2, -0.15) is 5.10 Å². The Labute approximate surface area is 109 Å². The molecule has 0 saturated heterocycles. The van der Waals surface area contributed by atoms with E-state index in [1.807, 2.05) is 20.3 Å². The Morgan fingerprint density at radius 1 is 1.39 bits per heavy atom. The maximum Gasteiger partial charge on any atom is 0.163 e. The average molecular weight is 259 g/mol. The van der Waals surface area contributed by atoms with Crippen molar-refractivity contribution in [1.29, 1.82) is 0 Å². The van der Waals surface area contributed by atoms with Crippen LogP contribution in [-0.2, 0) is 13.6 Å². The van der Waals surface area contributed by atoms with E-state index in [1.54, 1.807) is 22.3 Å². The molecule has 5 nitrogen and oxygen atoms in total. The van der Waals surface area contributed by atoms with Gasteiger partial charge in [0, 0.05) is 19.0 Å². The van der Waals surface area contributed by atoms with Crippen molar-refractivity contribution < 1.29 is 0 Å². The maximum absolute atomic E-state index is 4.37. The molecule has 0 spiro atoms. The van der Waals surface area contributed by atoms with Gasteiger partial charge in [-0.1, -0.05) is 6.07 Å². The molecule has 0 fully saturated rings. The van der Waals surface area contributed by atoms with Gasteiger partial charge in [0.15, 0.2) is 5.65 Å². The third kappa shape index (κ3) is 1.84. The van der Waals surface area contributed by atoms with Gasteiger partial charge in [-0.05, 0) is 11.4 Å². The Morgan fingerprint density at radius 2 is 2.28 bits per heavy atom. The third-order valence-corrected chi connectivity index (χ3v) is 3.70. The van der Waals surface area contributed by atoms with Crippen LogP contribution in [0.3, 0.4) is 0 Å². The summed E-state index contributed by atoms with van der Waals surface area (Å²) in [6.07, 6.45) is 3.40. The Bertz CT molecular complexity index is 658. The number of hydrogen-bond donors (Lipinski definition) is 0. The fourth-order valence-corrected chi connectivity index (χ4v) is 2.72. The largest absolute Gasteiger partial charge is 0.354 e. The Balaban J connectivity index is 1.98. The molecule has 3 rings (SSSR count). The van der Waals surface area contributed by atoms with Crippen molar-refractivity contribution in [3.05, 3.63) is 34.9 Å². The van der Waals surface area contributed by atoms with Gasteiger partial charge < -0.3 is 4.90 Å². The van der Waals surface area contributed by atoms with E-state index in [1.165, 1.54) is 4.88 Å². The van der Waals surface area contributed by atoms with Gasteiger partial charge in [-0.25, -0.2) is 9.97 Å². The molecular formula is C12H13N5S. The number of aromatic nitrogens is 4. The molecule has 0 atom stereocenters. The van der Waals surface area contributed by atoms with Crippen molar-refractivity contribution >= 4 is 28.2 Å². The molecule has 18 heavy (non-hydrogen) atoms. The van der Waals surface area contributed by atoms with Gasteiger partial charge in [0.2, 0.25) is 0 Å². The summed E-state index contributed by atoms with van der Waals surface area (Å²) in [6.45, 7) is 0.846. The van der Waals surface area contributed by atoms with Gasteiger partial charge in [0.05, 0.1) is 18.1 Å². The van der Waals surface area contributed by atoms with E-state index in [4.69, 9.17) is 0 Å². The number of anilines is 1. The molecule has 3 heterocycles. The van der Waals surface area contributed by atoms with Crippen LogP contribution in [0.15, 0.2) is 30.0 Å². The second-order valence-corrected chi connectivity index (χ2v) is 5.17. The van der Waals surface area contributed by atoms with Gasteiger partial charge in [0.1, 0.15) is 12.1 Å². The standard InChI is InChI=1S/C12H13N5S/c1-16(7-9-4-3-5-18-9)11-10-6-15-17(2)12(10)14-8-13-11/h3-6,8H,7H2,1-2H3. The lowest BCUT2D eigenvalue weighted by Crippen LogP contribution is -2.17. The normalized spacial score (nSPS) is 11.0. The molecule has 6 heteroatoms. The van der Waals surface area contributed by atoms with Crippen molar-refractivity contribution in [2.75, 3.05) is 11.9 Å². The van der Waals surface area contributed by atoms with Crippen LogP contribution >= 0.6 is 11.3 Å². The lowest BCUT2D eigenvalue weighted by atomic mass is 10.3. The van der Waals surface area contributed by atoms with E-state index in [-0.39, 0.29) is 0 Å². The van der Waals surface area contributed by atoms with Crippen LogP contribution in [0.1, 0.15) is 4.88 Å². The first-order valence-electron chi connectivity index (χ1n) is 5.62. The monoisotopic (exact) mass is 259 g/mol. The fourth-order valence-electron chi connectivity index (χ4n) is 1.97. The first-order chi connectivity index (χ1) is 8.75. The highest BCUT2D eigenvalue weighted by Gasteiger charge is 2.12. The zero-order valence-electron chi connectivity index (χ0n) is 10.2. The molecule has 3 aromatic rings. The van der Waals surface area contributed by atoms with Gasteiger partial charge in [-0.3, -0.25) is 4.68 Å². The predicted octanol–water partition coefficient (Wildman–Crippen LogP) is 2.06. The van der Waals surface area contributed by atoms with Crippen molar-refractivity contribution in [3.63, 3.8) is 0 Å². The van der Waals surface area contributed by atoms with Crippen LogP contribution in [0.4, 0.5) is 5.82 Å². The minimum Gasteiger partial charge on any atom is -0.354 e. The molecule has 0 radical (unpaired) electrons. The minimum atomic E-state index is 0.846. The van der Waals surface area contributed by atoms with E-state index in [2.05, 4.69) is 37.5 Å². The van der Waals surface area contributed by atoms with Crippen molar-refractivity contribution in [1.82, 2.24) is 19.7 Å². The van der Waals surface area contributed by atoms with E-state index in [0.29, 0.717) is 0 Å². The van der Waals surface area contributed by atoms with Crippen LogP contribution in [0.2, 0.25) is 0 Å². The molecule has 0 amide bonds. The summed E-state index contributed by atoms with van der Waals surface area (Å²) in [5, 5.41) is 7.30. The van der Waals surface area contributed by atoms with E-state index in [9.17, 15) is 0 Å². The second kappa shape index (κ2) is 4.38. The lowest BCUT2D eigenvalue weighted by Gasteiger charge is -2.17. The number of nitrogens with zero attached hydrogens (tertiary/aromatic N) is 5. The number of fused-ring (bicyclic) bond motifs is 1. The quantitative estimate of drug-likeness (QED) is 0.722. The number of aryl methyl sites for hydroxylation is 1. The van der Waals surface area contributed by atoms with Crippen LogP contribution in [-0.4, -0.2) is 26.8 Å². The Hall–Kier alpha value is -1.95. The summed E-state index contributed by atoms with van der Waals surface area (Å²) >= 11 is 1.75. The highest BCUT2D eigenvalue weighted by molar-refractivity contribution is 7.09. The van der Waals surface area contributed by atoms with E-state index >= 15 is 0 Å². The predicted molar refractivity (Wildman–Crippen MR) is 72.7 cm³/mol. The lowest BCUT2D eigenvalue weighted by molar-refractivity contribution is 0.785. The summed E-state index contributed by atoms with van der Waals surface area (Å²) in [5.41, 5.74) is 0.859. The van der Waals surface area contributed by atoms with Crippen LogP contribution in [0.5, 0.6) is 0 Å². The first kappa shape index (κ1) is 11.2. The summed E-state index contributed by atoms with van der Waals surface area (Å²) in [5.74, 6) is 0.918. The molecule has 0 unspecified atom stereocenters. The average Bonchev–Trinajstić information content (AvgIpc) is 3.00. The summed E-state index contributed by atoms with van der Waals surface area (Å²) in [4.78, 5) is 12.0. The molecule has 0 aliphatic carbocycles. The number of rotatable bonds is 3. The van der Waals surface area contributed by atoms with Crippen molar-refractivity contribution in [2.24, 2.45) is 7.05 Å². The molecular weight excluding hydrogens is 246 g/mol. The SMILES string of the molecule is CN(Cc1cccs1)c1ncnc2c1cnn2C. The summed E-state index contributed by atoms with van der Waals surface area (Å²) in [6, 6.07) is 4.19. The Morgan fingerprint density at radius 3 is 3.06 bits per heavy atom. The zero-order valence-corrected chi connectivity index (χ0v) is 11.1. The number of hydrogen-bond acceptors (Lipinski definition) is 5. The van der Waals surface area contributed by atoms with Crippen LogP contribution < -0.4 is 4.90 Å². The fraction of sp³-hybridized carbons (Fsp3) is 0.250. The van der Waals surface area contributed by atoms with Gasteiger partial charge in [0.25, 0.3) is 0 Å². The highest BCUT2D eigenvalue weighted by atomic mass is 32.1. The molecule has 0 N–H and O–H groups in total. The number of thiophene rings is 1. The van der Waals surface area contributed by atoms with E-state index < -0.39 is 0 Å². The third-order valence-electron chi connectivity index (χ3n) is 2.84. The molecule has 0 aromatic carbocycles. The Kier molecular flexibility index (Phi) is 2.71. The van der Waals surface area contributed by atoms with Gasteiger partial charge >= 0.3 is 0 Å². The molecule has 0 aliphatic rings. The highest BCUT2D eigenvalue weighted by Crippen LogP contribution is 2.23. The first-order valence-corrected chi connectivity index (χ1v) is 6.50. The maximum atomic E-state index is 4.37. The summed E-state index contributed by atoms with van der Waals surface area (Å²) < 4.78 is 1.76. The smallest absolute Gasteiger partial charge is 0.163 e. The summed E-state index contributed by atoms with van der Waals surface area (Å²) in [7, 11) is 3.92. The molecule has 0 bridgehead atoms. The minimum absolute atomic E-state index is 0.846. The van der Waals surface area contributed by atoms with Crippen LogP contribution in [0.25, 0.3) is 11.0 Å². The van der Waals surface area contributed by atoms with Crippen LogP contribution in [0, 0.1) is 0 Å². The van der Waals surface area contributed by atoms with Gasteiger partial charge in [-0.15, -0.1) is 11.3 Å².